The number of aromatic nitrogens is 4. The predicted molar refractivity (Wildman–Crippen MR) is 93.4 cm³/mol. The Kier molecular flexibility index (Phi) is 4.10. The van der Waals surface area contributed by atoms with E-state index >= 15 is 0 Å². The summed E-state index contributed by atoms with van der Waals surface area (Å²) in [5, 5.41) is 9.97. The molecule has 0 unspecified atom stereocenters. The third-order valence-corrected chi connectivity index (χ3v) is 5.38. The summed E-state index contributed by atoms with van der Waals surface area (Å²) in [6.45, 7) is 2.70. The molecule has 0 aliphatic carbocycles. The first-order valence-electron chi connectivity index (χ1n) is 8.05. The number of esters is 1. The Balaban J connectivity index is 1.57. The molecule has 8 nitrogen and oxygen atoms in total. The summed E-state index contributed by atoms with van der Waals surface area (Å²) < 4.78 is 5.81. The predicted octanol–water partition coefficient (Wildman–Crippen LogP) is 1.48. The van der Waals surface area contributed by atoms with Gasteiger partial charge in [0.25, 0.3) is 5.56 Å². The fourth-order valence-electron chi connectivity index (χ4n) is 2.91. The largest absolute Gasteiger partial charge is 0.456 e. The maximum Gasteiger partial charge on any atom is 0.323 e. The molecule has 0 aromatic carbocycles. The highest BCUT2D eigenvalue weighted by Crippen LogP contribution is 2.31. The minimum Gasteiger partial charge on any atom is -0.456 e. The quantitative estimate of drug-likeness (QED) is 0.608. The van der Waals surface area contributed by atoms with Gasteiger partial charge >= 0.3 is 5.97 Å². The number of carbonyl (C=O) groups excluding carboxylic acids is 1. The molecule has 3 aromatic rings. The van der Waals surface area contributed by atoms with E-state index in [9.17, 15) is 9.59 Å². The minimum atomic E-state index is -0.305. The number of aryl methyl sites for hydroxylation is 1. The summed E-state index contributed by atoms with van der Waals surface area (Å²) in [6.07, 6.45) is 3.47. The lowest BCUT2D eigenvalue weighted by atomic mass is 10.2. The summed E-state index contributed by atoms with van der Waals surface area (Å²) in [7, 11) is 0. The Morgan fingerprint density at radius 2 is 2.36 bits per heavy atom. The zero-order valence-electron chi connectivity index (χ0n) is 13.6. The molecule has 0 radical (unpaired) electrons. The molecule has 130 valence electrons. The third-order valence-electron chi connectivity index (χ3n) is 4.22. The fraction of sp³-hybridized carbons (Fsp3) is 0.375. The number of aromatic amines is 2. The van der Waals surface area contributed by atoms with Crippen LogP contribution in [-0.2, 0) is 16.1 Å². The van der Waals surface area contributed by atoms with E-state index in [1.165, 1.54) is 11.3 Å². The average Bonchev–Trinajstić information content (AvgIpc) is 3.32. The van der Waals surface area contributed by atoms with Gasteiger partial charge < -0.3 is 15.0 Å². The number of hydrogen-bond donors (Lipinski definition) is 3. The lowest BCUT2D eigenvalue weighted by Crippen LogP contribution is -2.32. The summed E-state index contributed by atoms with van der Waals surface area (Å²) >= 11 is 1.37. The van der Waals surface area contributed by atoms with Crippen molar-refractivity contribution in [3.8, 4) is 10.4 Å². The van der Waals surface area contributed by atoms with Crippen molar-refractivity contribution in [3.05, 3.63) is 34.1 Å². The smallest absolute Gasteiger partial charge is 0.323 e. The van der Waals surface area contributed by atoms with E-state index in [0.29, 0.717) is 16.0 Å². The zero-order chi connectivity index (χ0) is 17.4. The number of nitrogens with one attached hydrogen (secondary N) is 3. The van der Waals surface area contributed by atoms with Gasteiger partial charge in [-0.3, -0.25) is 14.7 Å². The van der Waals surface area contributed by atoms with Crippen molar-refractivity contribution in [2.45, 2.75) is 32.4 Å². The molecule has 0 amide bonds. The van der Waals surface area contributed by atoms with E-state index in [2.05, 4.69) is 25.5 Å². The second-order valence-corrected chi connectivity index (χ2v) is 7.06. The topological polar surface area (TPSA) is 113 Å². The van der Waals surface area contributed by atoms with E-state index in [1.54, 1.807) is 6.20 Å². The summed E-state index contributed by atoms with van der Waals surface area (Å²) in [6, 6.07) is 1.60. The molecule has 25 heavy (non-hydrogen) atoms. The standard InChI is InChI=1S/C16H17N5O3S/c1-8-9(6-18-21-8)12-5-11-14(25-12)15(22)20-13(19-11)7-24-16(23)10-3-2-4-17-10/h5-6,10,17H,2-4,7H2,1H3,(H,18,21)(H,19,20,22)/t10-/m0/s1. The van der Waals surface area contributed by atoms with Gasteiger partial charge in [-0.1, -0.05) is 0 Å². The molecule has 1 fully saturated rings. The van der Waals surface area contributed by atoms with Crippen molar-refractivity contribution in [1.82, 2.24) is 25.5 Å². The van der Waals surface area contributed by atoms with Crippen LogP contribution >= 0.6 is 11.3 Å². The van der Waals surface area contributed by atoms with Crippen molar-refractivity contribution < 1.29 is 9.53 Å². The SMILES string of the molecule is Cc1[nH]ncc1-c1cc2nc(COC(=O)[C@@H]3CCCN3)[nH]c(=O)c2s1. The maximum atomic E-state index is 12.3. The molecule has 0 saturated carbocycles. The molecule has 1 saturated heterocycles. The van der Waals surface area contributed by atoms with Gasteiger partial charge in [0.15, 0.2) is 0 Å². The van der Waals surface area contributed by atoms with E-state index in [-0.39, 0.29) is 24.2 Å². The van der Waals surface area contributed by atoms with Gasteiger partial charge in [-0.15, -0.1) is 11.3 Å². The second-order valence-electron chi connectivity index (χ2n) is 6.00. The van der Waals surface area contributed by atoms with Crippen molar-refractivity contribution in [2.75, 3.05) is 6.54 Å². The van der Waals surface area contributed by atoms with Gasteiger partial charge in [0.2, 0.25) is 0 Å². The van der Waals surface area contributed by atoms with Crippen LogP contribution in [0.15, 0.2) is 17.1 Å². The van der Waals surface area contributed by atoms with E-state index < -0.39 is 0 Å². The molecule has 1 aliphatic rings. The lowest BCUT2D eigenvalue weighted by Gasteiger charge is -2.09. The first-order valence-corrected chi connectivity index (χ1v) is 8.86. The van der Waals surface area contributed by atoms with Gasteiger partial charge in [0, 0.05) is 16.1 Å². The van der Waals surface area contributed by atoms with Crippen LogP contribution in [0.2, 0.25) is 0 Å². The highest BCUT2D eigenvalue weighted by atomic mass is 32.1. The van der Waals surface area contributed by atoms with Crippen LogP contribution in [0.5, 0.6) is 0 Å². The van der Waals surface area contributed by atoms with Crippen LogP contribution in [0, 0.1) is 6.92 Å². The second kappa shape index (κ2) is 6.41. The maximum absolute atomic E-state index is 12.3. The molecule has 9 heteroatoms. The van der Waals surface area contributed by atoms with Crippen LogP contribution in [0.25, 0.3) is 20.7 Å². The lowest BCUT2D eigenvalue weighted by molar-refractivity contribution is -0.147. The van der Waals surface area contributed by atoms with Gasteiger partial charge in [0.1, 0.15) is 23.2 Å². The van der Waals surface area contributed by atoms with Crippen molar-refractivity contribution in [3.63, 3.8) is 0 Å². The number of carbonyl (C=O) groups is 1. The molecule has 4 rings (SSSR count). The average molecular weight is 359 g/mol. The molecule has 1 atom stereocenters. The Hall–Kier alpha value is -2.52. The van der Waals surface area contributed by atoms with Gasteiger partial charge in [-0.2, -0.15) is 5.10 Å². The van der Waals surface area contributed by atoms with Crippen molar-refractivity contribution >= 4 is 27.5 Å². The number of ether oxygens (including phenoxy) is 1. The first kappa shape index (κ1) is 16.0. The molecule has 1 aliphatic heterocycles. The summed E-state index contributed by atoms with van der Waals surface area (Å²) in [5.41, 5.74) is 2.24. The van der Waals surface area contributed by atoms with E-state index in [1.807, 2.05) is 13.0 Å². The third kappa shape index (κ3) is 3.08. The summed E-state index contributed by atoms with van der Waals surface area (Å²) in [4.78, 5) is 32.3. The van der Waals surface area contributed by atoms with Crippen LogP contribution in [0.4, 0.5) is 0 Å². The molecule has 0 spiro atoms. The number of rotatable bonds is 4. The molecule has 0 bridgehead atoms. The first-order chi connectivity index (χ1) is 12.1. The van der Waals surface area contributed by atoms with Gasteiger partial charge in [-0.05, 0) is 32.4 Å². The number of fused-ring (bicyclic) bond motifs is 1. The highest BCUT2D eigenvalue weighted by Gasteiger charge is 2.23. The number of H-pyrrole nitrogens is 2. The van der Waals surface area contributed by atoms with Crippen molar-refractivity contribution in [1.29, 1.82) is 0 Å². The van der Waals surface area contributed by atoms with E-state index in [4.69, 9.17) is 4.74 Å². The van der Waals surface area contributed by atoms with Gasteiger partial charge in [0.05, 0.1) is 11.7 Å². The fourth-order valence-corrected chi connectivity index (χ4v) is 3.97. The van der Waals surface area contributed by atoms with E-state index in [0.717, 1.165) is 35.5 Å². The zero-order valence-corrected chi connectivity index (χ0v) is 14.4. The van der Waals surface area contributed by atoms with Crippen LogP contribution in [0.3, 0.4) is 0 Å². The Morgan fingerprint density at radius 1 is 1.48 bits per heavy atom. The van der Waals surface area contributed by atoms with Crippen LogP contribution in [-0.4, -0.2) is 38.7 Å². The molecule has 3 aromatic heterocycles. The number of thiophene rings is 1. The molecule has 3 N–H and O–H groups in total. The molecular formula is C16H17N5O3S. The Labute approximate surface area is 146 Å². The Morgan fingerprint density at radius 3 is 3.08 bits per heavy atom. The molecule has 4 heterocycles. The summed E-state index contributed by atoms with van der Waals surface area (Å²) in [5.74, 6) is 0.0392. The monoisotopic (exact) mass is 359 g/mol. The normalized spacial score (nSPS) is 17.2. The van der Waals surface area contributed by atoms with Gasteiger partial charge in [-0.25, -0.2) is 4.98 Å². The highest BCUT2D eigenvalue weighted by molar-refractivity contribution is 7.22. The Bertz CT molecular complexity index is 983. The van der Waals surface area contributed by atoms with Crippen LogP contribution in [0.1, 0.15) is 24.4 Å². The number of hydrogen-bond acceptors (Lipinski definition) is 7. The van der Waals surface area contributed by atoms with Crippen LogP contribution < -0.4 is 10.9 Å². The minimum absolute atomic E-state index is 0.0435. The van der Waals surface area contributed by atoms with Crippen molar-refractivity contribution in [2.24, 2.45) is 0 Å². The molecular weight excluding hydrogens is 342 g/mol. The number of nitrogens with zero attached hydrogens (tertiary/aromatic N) is 2.